The molecule has 1 heterocycles. The highest BCUT2D eigenvalue weighted by molar-refractivity contribution is 5.68. The highest BCUT2D eigenvalue weighted by Crippen LogP contribution is 2.30. The van der Waals surface area contributed by atoms with Gasteiger partial charge in [-0.05, 0) is 25.5 Å². The van der Waals surface area contributed by atoms with Crippen LogP contribution >= 0.6 is 0 Å². The normalized spacial score (nSPS) is 10.4. The number of aromatic nitrogens is 2. The van der Waals surface area contributed by atoms with Crippen LogP contribution in [0, 0.1) is 13.8 Å². The van der Waals surface area contributed by atoms with E-state index in [4.69, 9.17) is 4.98 Å². The summed E-state index contributed by atoms with van der Waals surface area (Å²) in [5.41, 5.74) is 3.46. The number of hydrogen-bond acceptors (Lipinski definition) is 4. The van der Waals surface area contributed by atoms with E-state index in [-0.39, 0.29) is 0 Å². The first-order valence-electron chi connectivity index (χ1n) is 6.93. The zero-order valence-electron chi connectivity index (χ0n) is 12.9. The van der Waals surface area contributed by atoms with Gasteiger partial charge in [-0.1, -0.05) is 25.1 Å². The van der Waals surface area contributed by atoms with Crippen molar-refractivity contribution >= 4 is 17.3 Å². The topological polar surface area (TPSA) is 41.1 Å². The Morgan fingerprint density at radius 1 is 1.15 bits per heavy atom. The third kappa shape index (κ3) is 2.59. The molecule has 0 unspecified atom stereocenters. The Kier molecular flexibility index (Phi) is 4.23. The number of rotatable bonds is 4. The molecule has 0 aliphatic heterocycles. The minimum Gasteiger partial charge on any atom is -0.373 e. The highest BCUT2D eigenvalue weighted by Gasteiger charge is 2.15. The van der Waals surface area contributed by atoms with E-state index in [0.717, 1.165) is 29.4 Å². The molecule has 0 radical (unpaired) electrons. The lowest BCUT2D eigenvalue weighted by molar-refractivity contribution is 0.916. The van der Waals surface area contributed by atoms with Crippen molar-refractivity contribution in [2.24, 2.45) is 0 Å². The highest BCUT2D eigenvalue weighted by atomic mass is 15.2. The van der Waals surface area contributed by atoms with Crippen LogP contribution in [0.3, 0.4) is 0 Å². The fraction of sp³-hybridized carbons (Fsp3) is 0.375. The molecule has 0 atom stereocenters. The number of anilines is 3. The average Bonchev–Trinajstić information content (AvgIpc) is 2.47. The molecule has 0 saturated heterocycles. The molecular weight excluding hydrogens is 248 g/mol. The molecule has 4 nitrogen and oxygen atoms in total. The maximum absolute atomic E-state index is 4.69. The van der Waals surface area contributed by atoms with Crippen molar-refractivity contribution in [1.82, 2.24) is 9.97 Å². The van der Waals surface area contributed by atoms with Gasteiger partial charge in [-0.25, -0.2) is 9.97 Å². The van der Waals surface area contributed by atoms with Crippen LogP contribution in [0.15, 0.2) is 24.3 Å². The van der Waals surface area contributed by atoms with Crippen molar-refractivity contribution < 1.29 is 0 Å². The van der Waals surface area contributed by atoms with Crippen LogP contribution in [-0.4, -0.2) is 24.1 Å². The Hall–Kier alpha value is -2.10. The van der Waals surface area contributed by atoms with Crippen LogP contribution in [0.2, 0.25) is 0 Å². The van der Waals surface area contributed by atoms with E-state index in [1.165, 1.54) is 11.3 Å². The number of nitrogens with zero attached hydrogens (tertiary/aromatic N) is 3. The molecule has 0 aliphatic carbocycles. The molecule has 0 spiro atoms. The van der Waals surface area contributed by atoms with Crippen molar-refractivity contribution in [2.45, 2.75) is 27.2 Å². The molecule has 1 aromatic carbocycles. The molecule has 0 amide bonds. The molecule has 0 saturated carbocycles. The molecular formula is C16H22N4. The average molecular weight is 270 g/mol. The summed E-state index contributed by atoms with van der Waals surface area (Å²) in [4.78, 5) is 11.3. The summed E-state index contributed by atoms with van der Waals surface area (Å²) in [6, 6.07) is 8.33. The minimum absolute atomic E-state index is 0.823. The first-order valence-corrected chi connectivity index (χ1v) is 6.93. The van der Waals surface area contributed by atoms with Crippen molar-refractivity contribution in [3.63, 3.8) is 0 Å². The summed E-state index contributed by atoms with van der Waals surface area (Å²) in [6.45, 7) is 6.24. The number of aryl methyl sites for hydroxylation is 2. The van der Waals surface area contributed by atoms with Gasteiger partial charge in [-0.2, -0.15) is 0 Å². The van der Waals surface area contributed by atoms with E-state index in [1.54, 1.807) is 0 Å². The van der Waals surface area contributed by atoms with Crippen molar-refractivity contribution in [2.75, 3.05) is 24.3 Å². The number of nitrogens with one attached hydrogen (secondary N) is 1. The van der Waals surface area contributed by atoms with E-state index < -0.39 is 0 Å². The van der Waals surface area contributed by atoms with Crippen molar-refractivity contribution in [3.8, 4) is 0 Å². The second kappa shape index (κ2) is 5.90. The third-order valence-electron chi connectivity index (χ3n) is 3.51. The fourth-order valence-corrected chi connectivity index (χ4v) is 2.33. The molecule has 1 aromatic heterocycles. The predicted octanol–water partition coefficient (Wildman–Crippen LogP) is 3.47. The van der Waals surface area contributed by atoms with Gasteiger partial charge >= 0.3 is 0 Å². The van der Waals surface area contributed by atoms with Crippen LogP contribution < -0.4 is 10.2 Å². The molecule has 2 rings (SSSR count). The Labute approximate surface area is 120 Å². The van der Waals surface area contributed by atoms with Crippen LogP contribution in [-0.2, 0) is 6.42 Å². The summed E-state index contributed by atoms with van der Waals surface area (Å²) in [6.07, 6.45) is 0.823. The second-order valence-corrected chi connectivity index (χ2v) is 4.89. The van der Waals surface area contributed by atoms with Gasteiger partial charge in [0.25, 0.3) is 0 Å². The van der Waals surface area contributed by atoms with E-state index >= 15 is 0 Å². The zero-order valence-corrected chi connectivity index (χ0v) is 12.9. The lowest BCUT2D eigenvalue weighted by Gasteiger charge is -2.23. The molecule has 0 aliphatic rings. The van der Waals surface area contributed by atoms with Crippen LogP contribution in [0.4, 0.5) is 17.3 Å². The van der Waals surface area contributed by atoms with Gasteiger partial charge in [-0.3, -0.25) is 0 Å². The lowest BCUT2D eigenvalue weighted by Crippen LogP contribution is -2.16. The Morgan fingerprint density at radius 2 is 1.85 bits per heavy atom. The summed E-state index contributed by atoms with van der Waals surface area (Å²) < 4.78 is 0. The standard InChI is InChI=1S/C16H22N4/c1-6-14-18-15(17-4)12(3)16(19-14)20(5)13-10-8-7-9-11(13)2/h7-10H,6H2,1-5H3,(H,17,18,19). The molecule has 4 heteroatoms. The summed E-state index contributed by atoms with van der Waals surface area (Å²) in [7, 11) is 3.95. The minimum atomic E-state index is 0.823. The van der Waals surface area contributed by atoms with Gasteiger partial charge in [0.1, 0.15) is 17.5 Å². The van der Waals surface area contributed by atoms with Gasteiger partial charge in [0.2, 0.25) is 0 Å². The molecule has 0 fully saturated rings. The van der Waals surface area contributed by atoms with Gasteiger partial charge < -0.3 is 10.2 Å². The smallest absolute Gasteiger partial charge is 0.141 e. The number of hydrogen-bond donors (Lipinski definition) is 1. The van der Waals surface area contributed by atoms with Gasteiger partial charge in [-0.15, -0.1) is 0 Å². The Balaban J connectivity index is 2.54. The predicted molar refractivity (Wildman–Crippen MR) is 84.9 cm³/mol. The monoisotopic (exact) mass is 270 g/mol. The van der Waals surface area contributed by atoms with E-state index in [0.29, 0.717) is 0 Å². The second-order valence-electron chi connectivity index (χ2n) is 4.89. The Bertz CT molecular complexity index is 607. The van der Waals surface area contributed by atoms with Crippen LogP contribution in [0.5, 0.6) is 0 Å². The van der Waals surface area contributed by atoms with Gasteiger partial charge in [0.15, 0.2) is 0 Å². The lowest BCUT2D eigenvalue weighted by atomic mass is 10.1. The summed E-state index contributed by atoms with van der Waals surface area (Å²) in [5, 5.41) is 3.15. The fourth-order valence-electron chi connectivity index (χ4n) is 2.33. The largest absolute Gasteiger partial charge is 0.373 e. The summed E-state index contributed by atoms with van der Waals surface area (Å²) in [5.74, 6) is 2.71. The maximum atomic E-state index is 4.69. The number of benzene rings is 1. The molecule has 20 heavy (non-hydrogen) atoms. The van der Waals surface area contributed by atoms with Gasteiger partial charge in [0, 0.05) is 31.8 Å². The van der Waals surface area contributed by atoms with Crippen molar-refractivity contribution in [3.05, 3.63) is 41.2 Å². The third-order valence-corrected chi connectivity index (χ3v) is 3.51. The first-order chi connectivity index (χ1) is 9.58. The molecule has 0 bridgehead atoms. The van der Waals surface area contributed by atoms with Gasteiger partial charge in [0.05, 0.1) is 0 Å². The molecule has 1 N–H and O–H groups in total. The molecule has 106 valence electrons. The van der Waals surface area contributed by atoms with Crippen LogP contribution in [0.25, 0.3) is 0 Å². The Morgan fingerprint density at radius 3 is 2.45 bits per heavy atom. The summed E-state index contributed by atoms with van der Waals surface area (Å²) >= 11 is 0. The van der Waals surface area contributed by atoms with E-state index in [9.17, 15) is 0 Å². The van der Waals surface area contributed by atoms with E-state index in [1.807, 2.05) is 7.05 Å². The van der Waals surface area contributed by atoms with E-state index in [2.05, 4.69) is 67.3 Å². The zero-order chi connectivity index (χ0) is 14.7. The quantitative estimate of drug-likeness (QED) is 0.923. The van der Waals surface area contributed by atoms with Crippen molar-refractivity contribution in [1.29, 1.82) is 0 Å². The number of para-hydroxylation sites is 1. The molecule has 2 aromatic rings. The first kappa shape index (κ1) is 14.3. The van der Waals surface area contributed by atoms with Crippen LogP contribution in [0.1, 0.15) is 23.9 Å². The maximum Gasteiger partial charge on any atom is 0.141 e. The SMILES string of the molecule is CCc1nc(NC)c(C)c(N(C)c2ccccc2C)n1.